The Morgan fingerprint density at radius 2 is 0.793 bits per heavy atom. The van der Waals surface area contributed by atoms with Crippen LogP contribution in [-0.4, -0.2) is 31.9 Å². The highest BCUT2D eigenvalue weighted by Crippen LogP contribution is 2.17. The van der Waals surface area contributed by atoms with Crippen molar-refractivity contribution >= 4 is 7.32 Å². The summed E-state index contributed by atoms with van der Waals surface area (Å²) >= 11 is 0. The Morgan fingerprint density at radius 1 is 0.517 bits per heavy atom. The van der Waals surface area contributed by atoms with Gasteiger partial charge in [0.05, 0.1) is 0 Å². The summed E-state index contributed by atoms with van der Waals surface area (Å²) in [4.78, 5) is 2.38. The van der Waals surface area contributed by atoms with Gasteiger partial charge in [-0.05, 0) is 56.0 Å². The molecular formula is C24H30BNO3. The van der Waals surface area contributed by atoms with Crippen LogP contribution in [0.4, 0.5) is 0 Å². The number of hydrogen-bond acceptors (Lipinski definition) is 4. The lowest BCUT2D eigenvalue weighted by atomic mass is 10.2. The van der Waals surface area contributed by atoms with E-state index >= 15 is 0 Å². The third-order valence-electron chi connectivity index (χ3n) is 4.27. The smallest absolute Gasteiger partial charge is 0.490 e. The van der Waals surface area contributed by atoms with Crippen LogP contribution in [0, 0.1) is 0 Å². The van der Waals surface area contributed by atoms with Crippen molar-refractivity contribution in [1.82, 2.24) is 4.90 Å². The minimum absolute atomic E-state index is 0.680. The number of nitrogens with zero attached hydrogens (tertiary/aromatic N) is 1. The number of para-hydroxylation sites is 3. The van der Waals surface area contributed by atoms with Crippen molar-refractivity contribution in [3.63, 3.8) is 0 Å². The minimum atomic E-state index is -0.868. The van der Waals surface area contributed by atoms with E-state index in [1.54, 1.807) is 0 Å². The van der Waals surface area contributed by atoms with Crippen molar-refractivity contribution in [2.24, 2.45) is 0 Å². The first-order valence-electron chi connectivity index (χ1n) is 10.1. The predicted molar refractivity (Wildman–Crippen MR) is 120 cm³/mol. The first kappa shape index (κ1) is 22.4. The SMILES string of the molecule is CCN(CC)CC.c1ccc(OB(Oc2ccccc2)Oc2ccccc2)cc1. The maximum atomic E-state index is 5.78. The summed E-state index contributed by atoms with van der Waals surface area (Å²) in [5.41, 5.74) is 0. The van der Waals surface area contributed by atoms with Crippen LogP contribution >= 0.6 is 0 Å². The van der Waals surface area contributed by atoms with E-state index in [0.717, 1.165) is 0 Å². The van der Waals surface area contributed by atoms with Crippen molar-refractivity contribution in [3.05, 3.63) is 91.0 Å². The second-order valence-corrected chi connectivity index (χ2v) is 6.20. The Labute approximate surface area is 175 Å². The molecule has 0 bridgehead atoms. The molecular weight excluding hydrogens is 361 g/mol. The molecule has 3 rings (SSSR count). The molecule has 0 N–H and O–H groups in total. The third-order valence-corrected chi connectivity index (χ3v) is 4.27. The fraction of sp³-hybridized carbons (Fsp3) is 0.250. The van der Waals surface area contributed by atoms with Crippen LogP contribution in [0.15, 0.2) is 91.0 Å². The van der Waals surface area contributed by atoms with E-state index in [1.807, 2.05) is 91.0 Å². The number of benzene rings is 3. The van der Waals surface area contributed by atoms with Gasteiger partial charge in [0.25, 0.3) is 0 Å². The summed E-state index contributed by atoms with van der Waals surface area (Å²) in [6.45, 7) is 10.1. The molecule has 4 nitrogen and oxygen atoms in total. The second-order valence-electron chi connectivity index (χ2n) is 6.20. The molecule has 0 heterocycles. The first-order valence-corrected chi connectivity index (χ1v) is 10.1. The molecule has 3 aromatic rings. The highest BCUT2D eigenvalue weighted by atomic mass is 16.7. The highest BCUT2D eigenvalue weighted by molar-refractivity contribution is 6.39. The summed E-state index contributed by atoms with van der Waals surface area (Å²) < 4.78 is 17.3. The van der Waals surface area contributed by atoms with Gasteiger partial charge in [-0.3, -0.25) is 0 Å². The van der Waals surface area contributed by atoms with Gasteiger partial charge < -0.3 is 18.9 Å². The average Bonchev–Trinajstić information content (AvgIpc) is 2.77. The van der Waals surface area contributed by atoms with Crippen LogP contribution in [0.3, 0.4) is 0 Å². The standard InChI is InChI=1S/C18H15BO3.C6H15N/c1-4-10-16(11-5-1)20-19(21-17-12-6-2-7-13-17)22-18-14-8-3-9-15-18;1-4-7(5-2)6-3/h1-15H;4-6H2,1-3H3. The maximum absolute atomic E-state index is 5.78. The van der Waals surface area contributed by atoms with Gasteiger partial charge in [-0.2, -0.15) is 0 Å². The van der Waals surface area contributed by atoms with Crippen LogP contribution in [0.1, 0.15) is 20.8 Å². The average molecular weight is 391 g/mol. The molecule has 0 fully saturated rings. The van der Waals surface area contributed by atoms with Crippen LogP contribution < -0.4 is 14.0 Å². The predicted octanol–water partition coefficient (Wildman–Crippen LogP) is 5.56. The Kier molecular flexibility index (Phi) is 10.3. The molecule has 0 saturated heterocycles. The van der Waals surface area contributed by atoms with E-state index in [0.29, 0.717) is 17.2 Å². The molecule has 152 valence electrons. The van der Waals surface area contributed by atoms with Crippen molar-refractivity contribution in [2.45, 2.75) is 20.8 Å². The highest BCUT2D eigenvalue weighted by Gasteiger charge is 2.29. The first-order chi connectivity index (χ1) is 14.2. The minimum Gasteiger partial charge on any atom is -0.490 e. The molecule has 29 heavy (non-hydrogen) atoms. The maximum Gasteiger partial charge on any atom is 0.864 e. The largest absolute Gasteiger partial charge is 0.864 e. The molecule has 0 atom stereocenters. The molecule has 0 unspecified atom stereocenters. The Morgan fingerprint density at radius 3 is 1.00 bits per heavy atom. The lowest BCUT2D eigenvalue weighted by Crippen LogP contribution is -2.36. The van der Waals surface area contributed by atoms with Crippen molar-refractivity contribution in [1.29, 1.82) is 0 Å². The number of hydrogen-bond donors (Lipinski definition) is 0. The van der Waals surface area contributed by atoms with Crippen LogP contribution in [-0.2, 0) is 0 Å². The Balaban J connectivity index is 0.000000370. The summed E-state index contributed by atoms with van der Waals surface area (Å²) in [6.07, 6.45) is 0. The molecule has 0 amide bonds. The Bertz CT molecular complexity index is 664. The van der Waals surface area contributed by atoms with E-state index in [2.05, 4.69) is 25.7 Å². The van der Waals surface area contributed by atoms with Gasteiger partial charge in [-0.15, -0.1) is 0 Å². The van der Waals surface area contributed by atoms with Gasteiger partial charge in [0.15, 0.2) is 0 Å². The summed E-state index contributed by atoms with van der Waals surface area (Å²) in [6, 6.07) is 28.3. The summed E-state index contributed by atoms with van der Waals surface area (Å²) in [7, 11) is -0.868. The van der Waals surface area contributed by atoms with E-state index in [-0.39, 0.29) is 0 Å². The van der Waals surface area contributed by atoms with Crippen LogP contribution in [0.5, 0.6) is 17.2 Å². The molecule has 0 aliphatic rings. The van der Waals surface area contributed by atoms with Gasteiger partial charge in [0.2, 0.25) is 0 Å². The Hall–Kier alpha value is -2.92. The van der Waals surface area contributed by atoms with Gasteiger partial charge >= 0.3 is 7.32 Å². The second kappa shape index (κ2) is 13.3. The van der Waals surface area contributed by atoms with E-state index in [4.69, 9.17) is 14.0 Å². The normalized spacial score (nSPS) is 9.93. The summed E-state index contributed by atoms with van der Waals surface area (Å²) in [5.74, 6) is 2.04. The van der Waals surface area contributed by atoms with Gasteiger partial charge in [-0.25, -0.2) is 0 Å². The number of rotatable bonds is 9. The summed E-state index contributed by atoms with van der Waals surface area (Å²) in [5, 5.41) is 0. The molecule has 0 aliphatic heterocycles. The quantitative estimate of drug-likeness (QED) is 0.447. The molecule has 3 aromatic carbocycles. The van der Waals surface area contributed by atoms with Crippen molar-refractivity contribution < 1.29 is 14.0 Å². The molecule has 0 saturated carbocycles. The fourth-order valence-electron chi connectivity index (χ4n) is 2.57. The molecule has 0 radical (unpaired) electrons. The zero-order valence-electron chi connectivity index (χ0n) is 17.5. The topological polar surface area (TPSA) is 30.9 Å². The molecule has 0 aliphatic carbocycles. The van der Waals surface area contributed by atoms with E-state index < -0.39 is 7.32 Å². The zero-order valence-corrected chi connectivity index (χ0v) is 17.5. The monoisotopic (exact) mass is 391 g/mol. The van der Waals surface area contributed by atoms with Crippen LogP contribution in [0.25, 0.3) is 0 Å². The van der Waals surface area contributed by atoms with Crippen LogP contribution in [0.2, 0.25) is 0 Å². The molecule has 0 spiro atoms. The van der Waals surface area contributed by atoms with Gasteiger partial charge in [0.1, 0.15) is 17.2 Å². The molecule has 0 aromatic heterocycles. The van der Waals surface area contributed by atoms with Gasteiger partial charge in [0, 0.05) is 0 Å². The zero-order chi connectivity index (χ0) is 20.7. The lowest BCUT2D eigenvalue weighted by molar-refractivity contribution is 0.307. The lowest BCUT2D eigenvalue weighted by Gasteiger charge is -2.16. The fourth-order valence-corrected chi connectivity index (χ4v) is 2.57. The van der Waals surface area contributed by atoms with E-state index in [1.165, 1.54) is 19.6 Å². The third kappa shape index (κ3) is 8.75. The molecule has 5 heteroatoms. The van der Waals surface area contributed by atoms with Crippen molar-refractivity contribution in [3.8, 4) is 17.2 Å². The van der Waals surface area contributed by atoms with Crippen molar-refractivity contribution in [2.75, 3.05) is 19.6 Å². The van der Waals surface area contributed by atoms with E-state index in [9.17, 15) is 0 Å². The van der Waals surface area contributed by atoms with Gasteiger partial charge in [-0.1, -0.05) is 75.4 Å².